The fraction of sp³-hybridized carbons (Fsp3) is 0.412. The molecule has 0 saturated heterocycles. The van der Waals surface area contributed by atoms with Gasteiger partial charge in [0.05, 0.1) is 7.11 Å². The first-order chi connectivity index (χ1) is 11.8. The van der Waals surface area contributed by atoms with Gasteiger partial charge >= 0.3 is 0 Å². The second kappa shape index (κ2) is 7.72. The Morgan fingerprint density at radius 3 is 2.38 bits per heavy atom. The Labute approximate surface area is 140 Å². The molecule has 0 spiro atoms. The van der Waals surface area contributed by atoms with Crippen molar-refractivity contribution >= 4 is 5.91 Å². The lowest BCUT2D eigenvalue weighted by molar-refractivity contribution is 0.0886. The van der Waals surface area contributed by atoms with Crippen LogP contribution in [-0.2, 0) is 0 Å². The number of carbonyl (C=O) groups excluding carboxylic acids is 1. The lowest BCUT2D eigenvalue weighted by Crippen LogP contribution is -2.39. The van der Waals surface area contributed by atoms with Gasteiger partial charge in [-0.05, 0) is 37.8 Å². The number of hydrogen-bond donors (Lipinski definition) is 1. The average Bonchev–Trinajstić information content (AvgIpc) is 2.64. The monoisotopic (exact) mass is 328 g/mol. The molecule has 0 atom stereocenters. The molecule has 2 aromatic rings. The van der Waals surface area contributed by atoms with E-state index < -0.39 is 0 Å². The van der Waals surface area contributed by atoms with Crippen molar-refractivity contribution in [3.05, 3.63) is 42.5 Å². The lowest BCUT2D eigenvalue weighted by Gasteiger charge is -2.29. The molecular formula is C17H20N4O3. The van der Waals surface area contributed by atoms with E-state index in [1.807, 2.05) is 0 Å². The van der Waals surface area contributed by atoms with Crippen LogP contribution in [0.5, 0.6) is 11.8 Å². The molecule has 7 heteroatoms. The molecule has 1 N–H and O–H groups in total. The Morgan fingerprint density at radius 2 is 1.71 bits per heavy atom. The summed E-state index contributed by atoms with van der Waals surface area (Å²) in [7, 11) is 1.54. The summed E-state index contributed by atoms with van der Waals surface area (Å²) in [6.07, 6.45) is 9.87. The van der Waals surface area contributed by atoms with Crippen molar-refractivity contribution in [2.24, 2.45) is 0 Å². The first kappa shape index (κ1) is 16.2. The lowest BCUT2D eigenvalue weighted by atomic mass is 9.92. The smallest absolute Gasteiger partial charge is 0.278 e. The van der Waals surface area contributed by atoms with Crippen LogP contribution >= 0.6 is 0 Å². The Kier molecular flexibility index (Phi) is 5.20. The fourth-order valence-electron chi connectivity index (χ4n) is 2.79. The minimum Gasteiger partial charge on any atom is -0.477 e. The van der Waals surface area contributed by atoms with Crippen molar-refractivity contribution in [2.45, 2.75) is 37.8 Å². The summed E-state index contributed by atoms with van der Waals surface area (Å²) >= 11 is 0. The Morgan fingerprint density at radius 1 is 1.04 bits per heavy atom. The molecule has 1 saturated carbocycles. The highest BCUT2D eigenvalue weighted by Gasteiger charge is 2.25. The molecule has 126 valence electrons. The number of ether oxygens (including phenoxy) is 2. The third kappa shape index (κ3) is 3.98. The Bertz CT molecular complexity index is 673. The van der Waals surface area contributed by atoms with Gasteiger partial charge in [0, 0.05) is 36.4 Å². The van der Waals surface area contributed by atoms with E-state index in [9.17, 15) is 4.79 Å². The maximum atomic E-state index is 12.2. The van der Waals surface area contributed by atoms with Crippen molar-refractivity contribution in [3.63, 3.8) is 0 Å². The van der Waals surface area contributed by atoms with E-state index in [1.54, 1.807) is 44.0 Å². The van der Waals surface area contributed by atoms with Crippen LogP contribution < -0.4 is 14.8 Å². The maximum absolute atomic E-state index is 12.2. The van der Waals surface area contributed by atoms with Gasteiger partial charge in [-0.25, -0.2) is 9.97 Å². The van der Waals surface area contributed by atoms with Gasteiger partial charge in [0.2, 0.25) is 0 Å². The number of carbonyl (C=O) groups is 1. The van der Waals surface area contributed by atoms with Crippen LogP contribution in [0.3, 0.4) is 0 Å². The average molecular weight is 328 g/mol. The number of nitrogens with zero attached hydrogens (tertiary/aromatic N) is 3. The number of hydrogen-bond acceptors (Lipinski definition) is 6. The quantitative estimate of drug-likeness (QED) is 0.903. The normalized spacial score (nSPS) is 20.2. The zero-order chi connectivity index (χ0) is 16.8. The molecule has 0 bridgehead atoms. The number of rotatable bonds is 5. The third-order valence-electron chi connectivity index (χ3n) is 4.06. The highest BCUT2D eigenvalue weighted by molar-refractivity contribution is 5.94. The third-order valence-corrected chi connectivity index (χ3v) is 4.06. The highest BCUT2D eigenvalue weighted by atomic mass is 16.5. The molecule has 1 fully saturated rings. The van der Waals surface area contributed by atoms with E-state index >= 15 is 0 Å². The zero-order valence-corrected chi connectivity index (χ0v) is 13.5. The first-order valence-electron chi connectivity index (χ1n) is 7.99. The Hall–Kier alpha value is -2.70. The molecule has 24 heavy (non-hydrogen) atoms. The van der Waals surface area contributed by atoms with Crippen LogP contribution in [0.15, 0.2) is 36.9 Å². The van der Waals surface area contributed by atoms with Gasteiger partial charge in [-0.15, -0.1) is 0 Å². The predicted octanol–water partition coefficient (Wildman–Crippen LogP) is 2.00. The number of nitrogens with one attached hydrogen (secondary N) is 1. The van der Waals surface area contributed by atoms with Crippen molar-refractivity contribution in [1.82, 2.24) is 20.3 Å². The van der Waals surface area contributed by atoms with Crippen LogP contribution in [-0.4, -0.2) is 40.1 Å². The summed E-state index contributed by atoms with van der Waals surface area (Å²) in [6.45, 7) is 0. The maximum Gasteiger partial charge on any atom is 0.278 e. The van der Waals surface area contributed by atoms with Crippen LogP contribution in [0.4, 0.5) is 0 Å². The van der Waals surface area contributed by atoms with Crippen LogP contribution in [0.1, 0.15) is 36.0 Å². The zero-order valence-electron chi connectivity index (χ0n) is 13.5. The summed E-state index contributed by atoms with van der Waals surface area (Å²) in [6, 6.07) is 3.59. The standard InChI is InChI=1S/C17H20N4O3/c1-23-16-17(20-11-10-19-16)24-14-4-2-13(3-5-14)21-15(22)12-6-8-18-9-7-12/h6-11,13-14H,2-5H2,1H3,(H,21,22). The molecule has 1 aliphatic carbocycles. The summed E-state index contributed by atoms with van der Waals surface area (Å²) in [5, 5.41) is 3.07. The minimum atomic E-state index is -0.0580. The minimum absolute atomic E-state index is 0.0580. The van der Waals surface area contributed by atoms with Crippen molar-refractivity contribution in [1.29, 1.82) is 0 Å². The fourth-order valence-corrected chi connectivity index (χ4v) is 2.79. The summed E-state index contributed by atoms with van der Waals surface area (Å²) in [5.74, 6) is 0.757. The van der Waals surface area contributed by atoms with Crippen molar-refractivity contribution < 1.29 is 14.3 Å². The highest BCUT2D eigenvalue weighted by Crippen LogP contribution is 2.27. The summed E-state index contributed by atoms with van der Waals surface area (Å²) in [4.78, 5) is 24.3. The van der Waals surface area contributed by atoms with E-state index in [4.69, 9.17) is 9.47 Å². The van der Waals surface area contributed by atoms with Gasteiger partial charge in [-0.1, -0.05) is 0 Å². The first-order valence-corrected chi connectivity index (χ1v) is 7.99. The van der Waals surface area contributed by atoms with E-state index in [2.05, 4.69) is 20.3 Å². The topological polar surface area (TPSA) is 86.2 Å². The molecule has 0 radical (unpaired) electrons. The number of pyridine rings is 1. The molecule has 2 aromatic heterocycles. The predicted molar refractivity (Wildman–Crippen MR) is 87.0 cm³/mol. The summed E-state index contributed by atoms with van der Waals surface area (Å²) < 4.78 is 11.0. The van der Waals surface area contributed by atoms with E-state index in [1.165, 1.54) is 0 Å². The van der Waals surface area contributed by atoms with Crippen LogP contribution in [0, 0.1) is 0 Å². The van der Waals surface area contributed by atoms with Gasteiger partial charge in [0.25, 0.3) is 17.7 Å². The molecule has 7 nitrogen and oxygen atoms in total. The molecule has 2 heterocycles. The van der Waals surface area contributed by atoms with Gasteiger partial charge in [0.15, 0.2) is 0 Å². The summed E-state index contributed by atoms with van der Waals surface area (Å²) in [5.41, 5.74) is 0.632. The number of methoxy groups -OCH3 is 1. The second-order valence-electron chi connectivity index (χ2n) is 5.67. The largest absolute Gasteiger partial charge is 0.477 e. The molecule has 1 amide bonds. The molecule has 3 rings (SSSR count). The molecule has 1 aliphatic rings. The van der Waals surface area contributed by atoms with Gasteiger partial charge in [-0.2, -0.15) is 0 Å². The SMILES string of the molecule is COc1nccnc1OC1CCC(NC(=O)c2ccncc2)CC1. The van der Waals surface area contributed by atoms with Gasteiger partial charge in [-0.3, -0.25) is 9.78 Å². The van der Waals surface area contributed by atoms with Gasteiger partial charge < -0.3 is 14.8 Å². The van der Waals surface area contributed by atoms with Crippen LogP contribution in [0.25, 0.3) is 0 Å². The van der Waals surface area contributed by atoms with Crippen LogP contribution in [0.2, 0.25) is 0 Å². The number of amides is 1. The van der Waals surface area contributed by atoms with Crippen molar-refractivity contribution in [3.8, 4) is 11.8 Å². The second-order valence-corrected chi connectivity index (χ2v) is 5.67. The molecule has 0 aromatic carbocycles. The number of aromatic nitrogens is 3. The Balaban J connectivity index is 1.50. The van der Waals surface area contributed by atoms with E-state index in [0.29, 0.717) is 17.3 Å². The molecule has 0 unspecified atom stereocenters. The van der Waals surface area contributed by atoms with Gasteiger partial charge in [0.1, 0.15) is 6.10 Å². The molecular weight excluding hydrogens is 308 g/mol. The van der Waals surface area contributed by atoms with E-state index in [0.717, 1.165) is 25.7 Å². The van der Waals surface area contributed by atoms with Crippen molar-refractivity contribution in [2.75, 3.05) is 7.11 Å². The molecule has 0 aliphatic heterocycles. The van der Waals surface area contributed by atoms with E-state index in [-0.39, 0.29) is 18.1 Å².